The Hall–Kier alpha value is -1.03. The van der Waals surface area contributed by atoms with Crippen molar-refractivity contribution in [3.63, 3.8) is 0 Å². The summed E-state index contributed by atoms with van der Waals surface area (Å²) in [6.07, 6.45) is 2.73. The van der Waals surface area contributed by atoms with Gasteiger partial charge in [-0.3, -0.25) is 3.59 Å². The lowest BCUT2D eigenvalue weighted by molar-refractivity contribution is 0.402. The molecule has 0 fully saturated rings. The summed E-state index contributed by atoms with van der Waals surface area (Å²) < 4.78 is 7.16. The molecule has 3 nitrogen and oxygen atoms in total. The molecule has 2 rings (SSSR count). The van der Waals surface area contributed by atoms with E-state index in [9.17, 15) is 0 Å². The highest BCUT2D eigenvalue weighted by Gasteiger charge is 2.10. The molecule has 4 heteroatoms. The minimum atomic E-state index is 0.652. The van der Waals surface area contributed by atoms with Gasteiger partial charge in [-0.2, -0.15) is 0 Å². The van der Waals surface area contributed by atoms with Crippen molar-refractivity contribution in [2.45, 2.75) is 13.3 Å². The number of halogens is 1. The third-order valence-corrected chi connectivity index (χ3v) is 3.06. The van der Waals surface area contributed by atoms with Gasteiger partial charge in [0.1, 0.15) is 5.52 Å². The molecular weight excluding hydrogens is 244 g/mol. The molecule has 0 aliphatic heterocycles. The van der Waals surface area contributed by atoms with E-state index < -0.39 is 0 Å². The maximum absolute atomic E-state index is 5.20. The van der Waals surface area contributed by atoms with Crippen LogP contribution in [0.1, 0.15) is 12.6 Å². The first-order chi connectivity index (χ1) is 6.77. The van der Waals surface area contributed by atoms with Crippen LogP contribution < -0.4 is 4.74 Å². The second-order valence-corrected chi connectivity index (χ2v) is 3.74. The Morgan fingerprint density at radius 2 is 2.36 bits per heavy atom. The van der Waals surface area contributed by atoms with Crippen molar-refractivity contribution in [2.24, 2.45) is 0 Å². The standard InChI is InChI=1S/C10H11BrN2O/c1-3-8-6-7-4-5-12-10(14-2)9(7)13(8)11/h4-6H,3H2,1-2H3. The van der Waals surface area contributed by atoms with Gasteiger partial charge in [0.15, 0.2) is 0 Å². The number of methoxy groups -OCH3 is 1. The zero-order valence-electron chi connectivity index (χ0n) is 8.12. The lowest BCUT2D eigenvalue weighted by Gasteiger charge is -2.02. The van der Waals surface area contributed by atoms with Gasteiger partial charge in [-0.1, -0.05) is 6.92 Å². The van der Waals surface area contributed by atoms with Crippen LogP contribution in [0.5, 0.6) is 5.88 Å². The number of hydrogen-bond donors (Lipinski definition) is 0. The van der Waals surface area contributed by atoms with Crippen LogP contribution in [0.25, 0.3) is 10.9 Å². The van der Waals surface area contributed by atoms with Crippen molar-refractivity contribution >= 4 is 27.1 Å². The molecular formula is C10H11BrN2O. The van der Waals surface area contributed by atoms with Crippen molar-refractivity contribution in [2.75, 3.05) is 7.11 Å². The summed E-state index contributed by atoms with van der Waals surface area (Å²) >= 11 is 3.50. The molecule has 0 unspecified atom stereocenters. The largest absolute Gasteiger partial charge is 0.479 e. The van der Waals surface area contributed by atoms with Gasteiger partial charge in [-0.25, -0.2) is 4.98 Å². The molecule has 0 aliphatic rings. The third-order valence-electron chi connectivity index (χ3n) is 2.25. The molecule has 0 radical (unpaired) electrons. The summed E-state index contributed by atoms with van der Waals surface area (Å²) in [5.74, 6) is 0.652. The first-order valence-corrected chi connectivity index (χ1v) is 5.18. The number of nitrogens with zero attached hydrogens (tertiary/aromatic N) is 2. The average Bonchev–Trinajstić information content (AvgIpc) is 2.55. The fraction of sp³-hybridized carbons (Fsp3) is 0.300. The number of aryl methyl sites for hydroxylation is 1. The van der Waals surface area contributed by atoms with E-state index in [0.717, 1.165) is 17.3 Å². The Kier molecular flexibility index (Phi) is 2.46. The van der Waals surface area contributed by atoms with Gasteiger partial charge in [0.25, 0.3) is 0 Å². The van der Waals surface area contributed by atoms with Crippen LogP contribution in [0.4, 0.5) is 0 Å². The molecule has 0 spiro atoms. The molecule has 0 bridgehead atoms. The van der Waals surface area contributed by atoms with Crippen LogP contribution in [-0.4, -0.2) is 15.7 Å². The molecule has 2 aromatic rings. The quantitative estimate of drug-likeness (QED) is 0.825. The molecule has 0 saturated heterocycles. The molecule has 0 aromatic carbocycles. The van der Waals surface area contributed by atoms with Crippen molar-refractivity contribution in [1.82, 2.24) is 8.58 Å². The van der Waals surface area contributed by atoms with Crippen LogP contribution in [0.15, 0.2) is 18.3 Å². The highest BCUT2D eigenvalue weighted by atomic mass is 79.9. The molecule has 0 amide bonds. The molecule has 0 atom stereocenters. The lowest BCUT2D eigenvalue weighted by atomic mass is 10.3. The highest BCUT2D eigenvalue weighted by Crippen LogP contribution is 2.28. The topological polar surface area (TPSA) is 27.1 Å². The van der Waals surface area contributed by atoms with E-state index in [1.165, 1.54) is 5.69 Å². The summed E-state index contributed by atoms with van der Waals surface area (Å²) in [5, 5.41) is 1.14. The number of hydrogen-bond acceptors (Lipinski definition) is 2. The van der Waals surface area contributed by atoms with Gasteiger partial charge in [-0.15, -0.1) is 0 Å². The molecule has 74 valence electrons. The average molecular weight is 255 g/mol. The second kappa shape index (κ2) is 3.61. The number of fused-ring (bicyclic) bond motifs is 1. The number of aromatic nitrogens is 2. The molecule has 2 aromatic heterocycles. The van der Waals surface area contributed by atoms with Gasteiger partial charge in [0.2, 0.25) is 5.88 Å². The van der Waals surface area contributed by atoms with Crippen molar-refractivity contribution in [3.05, 3.63) is 24.0 Å². The van der Waals surface area contributed by atoms with Crippen LogP contribution in [-0.2, 0) is 6.42 Å². The van der Waals surface area contributed by atoms with E-state index in [4.69, 9.17) is 4.74 Å². The van der Waals surface area contributed by atoms with Crippen LogP contribution in [0.3, 0.4) is 0 Å². The summed E-state index contributed by atoms with van der Waals surface area (Å²) in [7, 11) is 1.63. The minimum Gasteiger partial charge on any atom is -0.479 e. The van der Waals surface area contributed by atoms with Crippen molar-refractivity contribution < 1.29 is 4.74 Å². The first-order valence-electron chi connectivity index (χ1n) is 4.47. The summed E-state index contributed by atoms with van der Waals surface area (Å²) in [5.41, 5.74) is 2.21. The maximum atomic E-state index is 5.20. The predicted molar refractivity (Wildman–Crippen MR) is 60.0 cm³/mol. The van der Waals surface area contributed by atoms with Gasteiger partial charge in [-0.05, 0) is 18.6 Å². The molecule has 2 heterocycles. The smallest absolute Gasteiger partial charge is 0.239 e. The normalized spacial score (nSPS) is 10.8. The molecule has 14 heavy (non-hydrogen) atoms. The lowest BCUT2D eigenvalue weighted by Crippen LogP contribution is -1.92. The molecule has 0 aliphatic carbocycles. The summed E-state index contributed by atoms with van der Waals surface area (Å²) in [4.78, 5) is 4.16. The van der Waals surface area contributed by atoms with E-state index >= 15 is 0 Å². The number of ether oxygens (including phenoxy) is 1. The summed E-state index contributed by atoms with van der Waals surface area (Å²) in [6.45, 7) is 2.12. The van der Waals surface area contributed by atoms with Gasteiger partial charge < -0.3 is 4.74 Å². The Labute approximate surface area is 91.0 Å². The van der Waals surface area contributed by atoms with E-state index in [0.29, 0.717) is 5.88 Å². The second-order valence-electron chi connectivity index (χ2n) is 3.03. The maximum Gasteiger partial charge on any atom is 0.239 e. The Bertz CT molecular complexity index is 464. The SMILES string of the molecule is CCc1cc2ccnc(OC)c2n1Br. The van der Waals surface area contributed by atoms with Crippen LogP contribution in [0.2, 0.25) is 0 Å². The van der Waals surface area contributed by atoms with E-state index in [1.54, 1.807) is 13.3 Å². The fourth-order valence-corrected chi connectivity index (χ4v) is 2.24. The van der Waals surface area contributed by atoms with Crippen LogP contribution >= 0.6 is 16.1 Å². The molecule has 0 saturated carbocycles. The first kappa shape index (κ1) is 9.52. The van der Waals surface area contributed by atoms with Gasteiger partial charge in [0, 0.05) is 17.3 Å². The van der Waals surface area contributed by atoms with Gasteiger partial charge in [0.05, 0.1) is 23.3 Å². The Morgan fingerprint density at radius 3 is 3.00 bits per heavy atom. The van der Waals surface area contributed by atoms with Gasteiger partial charge >= 0.3 is 0 Å². The number of pyridine rings is 1. The Morgan fingerprint density at radius 1 is 1.57 bits per heavy atom. The van der Waals surface area contributed by atoms with Crippen molar-refractivity contribution in [3.8, 4) is 5.88 Å². The fourth-order valence-electron chi connectivity index (χ4n) is 1.53. The zero-order chi connectivity index (χ0) is 10.1. The van der Waals surface area contributed by atoms with Crippen molar-refractivity contribution in [1.29, 1.82) is 0 Å². The highest BCUT2D eigenvalue weighted by molar-refractivity contribution is 9.08. The minimum absolute atomic E-state index is 0.652. The Balaban J connectivity index is 2.79. The number of rotatable bonds is 2. The summed E-state index contributed by atoms with van der Waals surface area (Å²) in [6, 6.07) is 4.11. The molecule has 0 N–H and O–H groups in total. The third kappa shape index (κ3) is 1.30. The zero-order valence-corrected chi connectivity index (χ0v) is 9.71. The monoisotopic (exact) mass is 254 g/mol. The van der Waals surface area contributed by atoms with Crippen LogP contribution in [0, 0.1) is 0 Å². The van der Waals surface area contributed by atoms with E-state index in [-0.39, 0.29) is 0 Å². The predicted octanol–water partition coefficient (Wildman–Crippen LogP) is 2.77. The van der Waals surface area contributed by atoms with E-state index in [1.807, 2.05) is 9.66 Å². The van der Waals surface area contributed by atoms with E-state index in [2.05, 4.69) is 34.1 Å².